The lowest BCUT2D eigenvalue weighted by Crippen LogP contribution is -1.99. The van der Waals surface area contributed by atoms with Crippen LogP contribution in [0.1, 0.15) is 0 Å². The van der Waals surface area contributed by atoms with Crippen molar-refractivity contribution in [2.75, 3.05) is 5.73 Å². The van der Waals surface area contributed by atoms with Crippen LogP contribution in [0.4, 0.5) is 5.69 Å². The molecule has 2 aromatic rings. The van der Waals surface area contributed by atoms with Crippen LogP contribution in [-0.2, 0) is 0 Å². The minimum atomic E-state index is 0.767. The van der Waals surface area contributed by atoms with E-state index in [1.54, 1.807) is 0 Å². The lowest BCUT2D eigenvalue weighted by molar-refractivity contribution is 1.62. The molecule has 2 rings (SSSR count). The van der Waals surface area contributed by atoms with Gasteiger partial charge in [0.25, 0.3) is 0 Å². The predicted molar refractivity (Wildman–Crippen MR) is 61.7 cm³/mol. The lowest BCUT2D eigenvalue weighted by atomic mass is 9.93. The van der Waals surface area contributed by atoms with E-state index in [2.05, 4.69) is 0 Å². The third-order valence-corrected chi connectivity index (χ3v) is 2.18. The van der Waals surface area contributed by atoms with Crippen molar-refractivity contribution in [3.8, 4) is 11.1 Å². The molecule has 2 N–H and O–H groups in total. The highest BCUT2D eigenvalue weighted by Gasteiger charge is 1.99. The van der Waals surface area contributed by atoms with E-state index in [0.29, 0.717) is 0 Å². The monoisotopic (exact) mass is 179 g/mol. The molecule has 0 fully saturated rings. The fourth-order valence-electron chi connectivity index (χ4n) is 1.42. The van der Waals surface area contributed by atoms with Crippen molar-refractivity contribution < 1.29 is 0 Å². The maximum atomic E-state index is 5.86. The van der Waals surface area contributed by atoms with Crippen molar-refractivity contribution in [2.24, 2.45) is 0 Å². The second kappa shape index (κ2) is 3.58. The number of nitrogen functional groups attached to an aromatic ring is 1. The zero-order valence-corrected chi connectivity index (χ0v) is 7.77. The Morgan fingerprint density at radius 3 is 2.14 bits per heavy atom. The van der Waals surface area contributed by atoms with Crippen molar-refractivity contribution in [3.63, 3.8) is 0 Å². The average molecular weight is 179 g/mol. The van der Waals surface area contributed by atoms with E-state index in [1.165, 1.54) is 0 Å². The van der Waals surface area contributed by atoms with Gasteiger partial charge < -0.3 is 5.73 Å². The molecule has 2 heteroatoms. The molecule has 1 nitrogen and oxygen atoms in total. The zero-order chi connectivity index (χ0) is 9.97. The highest BCUT2D eigenvalue weighted by Crippen LogP contribution is 2.24. The number of anilines is 1. The molecule has 0 aliphatic carbocycles. The van der Waals surface area contributed by atoms with Gasteiger partial charge in [-0.05, 0) is 11.6 Å². The molecule has 0 aliphatic rings. The Balaban J connectivity index is 2.50. The van der Waals surface area contributed by atoms with Gasteiger partial charge >= 0.3 is 0 Å². The summed E-state index contributed by atoms with van der Waals surface area (Å²) in [6.07, 6.45) is 0. The fraction of sp³-hybridized carbons (Fsp3) is 0. The van der Waals surface area contributed by atoms with Gasteiger partial charge in [-0.25, -0.2) is 0 Å². The Morgan fingerprint density at radius 1 is 0.857 bits per heavy atom. The van der Waals surface area contributed by atoms with Crippen LogP contribution in [0, 0.1) is 0 Å². The molecular weight excluding hydrogens is 169 g/mol. The second-order valence-corrected chi connectivity index (χ2v) is 3.21. The van der Waals surface area contributed by atoms with Gasteiger partial charge in [-0.3, -0.25) is 0 Å². The summed E-state index contributed by atoms with van der Waals surface area (Å²) >= 11 is 0. The number of hydrogen-bond donors (Lipinski definition) is 1. The largest absolute Gasteiger partial charge is 0.398 e. The third-order valence-electron chi connectivity index (χ3n) is 2.18. The first-order valence-corrected chi connectivity index (χ1v) is 4.48. The van der Waals surface area contributed by atoms with Crippen LogP contribution in [0.15, 0.2) is 48.5 Å². The molecule has 0 aromatic heterocycles. The Kier molecular flexibility index (Phi) is 2.27. The van der Waals surface area contributed by atoms with Gasteiger partial charge in [-0.2, -0.15) is 0 Å². The molecule has 14 heavy (non-hydrogen) atoms. The molecule has 0 saturated carbocycles. The third kappa shape index (κ3) is 1.64. The Bertz CT molecular complexity index is 434. The average Bonchev–Trinajstić information content (AvgIpc) is 2.20. The van der Waals surface area contributed by atoms with Gasteiger partial charge in [-0.1, -0.05) is 47.9 Å². The van der Waals surface area contributed by atoms with Crippen LogP contribution in [0.3, 0.4) is 0 Å². The van der Waals surface area contributed by atoms with E-state index in [9.17, 15) is 0 Å². The Labute approximate surface area is 85.0 Å². The highest BCUT2D eigenvalue weighted by atomic mass is 14.6. The van der Waals surface area contributed by atoms with E-state index < -0.39 is 0 Å². The standard InChI is InChI=1S/C12H10BN/c13-10-7-5-9(6-8-10)11-3-1-2-4-12(11)14/h1-8H,14H2. The van der Waals surface area contributed by atoms with Crippen molar-refractivity contribution in [2.45, 2.75) is 0 Å². The van der Waals surface area contributed by atoms with E-state index in [0.717, 1.165) is 22.3 Å². The summed E-state index contributed by atoms with van der Waals surface area (Å²) in [6, 6.07) is 15.5. The van der Waals surface area contributed by atoms with Gasteiger partial charge in [0.05, 0.1) is 0 Å². The predicted octanol–water partition coefficient (Wildman–Crippen LogP) is 1.73. The van der Waals surface area contributed by atoms with Gasteiger partial charge in [0.2, 0.25) is 0 Å². The summed E-state index contributed by atoms with van der Waals surface area (Å²) in [4.78, 5) is 0. The smallest absolute Gasteiger partial charge is 0.113 e. The first-order valence-electron chi connectivity index (χ1n) is 4.48. The maximum absolute atomic E-state index is 5.86. The quantitative estimate of drug-likeness (QED) is 0.523. The Hall–Kier alpha value is -1.70. The molecule has 0 saturated heterocycles. The minimum Gasteiger partial charge on any atom is -0.398 e. The van der Waals surface area contributed by atoms with Crippen molar-refractivity contribution in [1.82, 2.24) is 0 Å². The van der Waals surface area contributed by atoms with Crippen LogP contribution in [0.2, 0.25) is 0 Å². The maximum Gasteiger partial charge on any atom is 0.113 e. The van der Waals surface area contributed by atoms with E-state index in [1.807, 2.05) is 48.5 Å². The minimum absolute atomic E-state index is 0.767. The van der Waals surface area contributed by atoms with E-state index in [4.69, 9.17) is 13.6 Å². The van der Waals surface area contributed by atoms with Crippen LogP contribution < -0.4 is 11.2 Å². The molecule has 0 atom stereocenters. The van der Waals surface area contributed by atoms with Gasteiger partial charge in [0, 0.05) is 11.3 Å². The number of nitrogens with two attached hydrogens (primary N) is 1. The molecule has 0 amide bonds. The summed E-state index contributed by atoms with van der Waals surface area (Å²) in [6.45, 7) is 0. The zero-order valence-electron chi connectivity index (χ0n) is 7.77. The summed E-state index contributed by atoms with van der Waals surface area (Å²) in [5.74, 6) is 0. The van der Waals surface area contributed by atoms with E-state index in [-0.39, 0.29) is 0 Å². The van der Waals surface area contributed by atoms with Crippen LogP contribution in [-0.4, -0.2) is 7.85 Å². The molecular formula is C12H10BN. The summed E-state index contributed by atoms with van der Waals surface area (Å²) in [7, 11) is 5.61. The van der Waals surface area contributed by atoms with Gasteiger partial charge in [0.15, 0.2) is 0 Å². The molecule has 0 aliphatic heterocycles. The molecule has 2 aromatic carbocycles. The summed E-state index contributed by atoms with van der Waals surface area (Å²) in [5, 5.41) is 0. The molecule has 0 bridgehead atoms. The normalized spacial score (nSPS) is 10.0. The molecule has 0 spiro atoms. The van der Waals surface area contributed by atoms with Crippen LogP contribution in [0.5, 0.6) is 0 Å². The summed E-state index contributed by atoms with van der Waals surface area (Å²) in [5.41, 5.74) is 9.56. The first-order chi connectivity index (χ1) is 6.77. The molecule has 66 valence electrons. The van der Waals surface area contributed by atoms with Crippen molar-refractivity contribution in [3.05, 3.63) is 48.5 Å². The topological polar surface area (TPSA) is 26.0 Å². The second-order valence-electron chi connectivity index (χ2n) is 3.21. The fourth-order valence-corrected chi connectivity index (χ4v) is 1.42. The number of para-hydroxylation sites is 1. The Morgan fingerprint density at radius 2 is 1.50 bits per heavy atom. The van der Waals surface area contributed by atoms with Crippen molar-refractivity contribution >= 4 is 19.0 Å². The van der Waals surface area contributed by atoms with Gasteiger partial charge in [-0.15, -0.1) is 0 Å². The highest BCUT2D eigenvalue weighted by molar-refractivity contribution is 6.32. The summed E-state index contributed by atoms with van der Waals surface area (Å²) < 4.78 is 0. The molecule has 0 unspecified atom stereocenters. The lowest BCUT2D eigenvalue weighted by Gasteiger charge is -2.05. The van der Waals surface area contributed by atoms with Crippen LogP contribution in [0.25, 0.3) is 11.1 Å². The SMILES string of the molecule is [B]c1ccc(-c2ccccc2N)cc1. The number of hydrogen-bond acceptors (Lipinski definition) is 1. The van der Waals surface area contributed by atoms with Crippen LogP contribution >= 0.6 is 0 Å². The number of benzene rings is 2. The molecule has 2 radical (unpaired) electrons. The molecule has 0 heterocycles. The van der Waals surface area contributed by atoms with Crippen molar-refractivity contribution in [1.29, 1.82) is 0 Å². The number of rotatable bonds is 1. The first kappa shape index (κ1) is 8.88. The van der Waals surface area contributed by atoms with E-state index >= 15 is 0 Å². The van der Waals surface area contributed by atoms with Gasteiger partial charge in [0.1, 0.15) is 7.85 Å².